The Morgan fingerprint density at radius 2 is 1.18 bits per heavy atom. The van der Waals surface area contributed by atoms with Gasteiger partial charge in [-0.05, 0) is 12.2 Å². The van der Waals surface area contributed by atoms with E-state index in [-0.39, 0.29) is 32.8 Å². The molecule has 0 spiro atoms. The lowest BCUT2D eigenvalue weighted by molar-refractivity contribution is -0.140. The number of ether oxygens (including phenoxy) is 1. The maximum atomic E-state index is 11.3. The fourth-order valence-electron chi connectivity index (χ4n) is 3.54. The molecule has 14 heteroatoms. The van der Waals surface area contributed by atoms with E-state index in [1.807, 2.05) is 4.90 Å². The van der Waals surface area contributed by atoms with E-state index in [0.29, 0.717) is 65.5 Å². The van der Waals surface area contributed by atoms with Crippen molar-refractivity contribution in [3.63, 3.8) is 0 Å². The third kappa shape index (κ3) is 15.0. The molecule has 0 saturated carbocycles. The molecular weight excluding hydrogens is 470 g/mol. The predicted molar refractivity (Wildman–Crippen MR) is 125 cm³/mol. The molecule has 1 aliphatic rings. The SMILES string of the molecule is O=C(O)CN1CCN(CC(=O)O)CCN(CC(O)COCCN=C=S)CCN(CC(=O)O)CC1. The summed E-state index contributed by atoms with van der Waals surface area (Å²) < 4.78 is 5.38. The van der Waals surface area contributed by atoms with Crippen LogP contribution in [0, 0.1) is 0 Å². The van der Waals surface area contributed by atoms with Gasteiger partial charge in [-0.25, -0.2) is 4.99 Å². The van der Waals surface area contributed by atoms with Crippen molar-refractivity contribution in [2.45, 2.75) is 6.10 Å². The molecule has 0 aliphatic carbocycles. The quantitative estimate of drug-likeness (QED) is 0.123. The number of carbonyl (C=O) groups is 3. The van der Waals surface area contributed by atoms with Crippen molar-refractivity contribution in [1.82, 2.24) is 19.6 Å². The van der Waals surface area contributed by atoms with Crippen molar-refractivity contribution in [2.75, 3.05) is 98.3 Å². The molecule has 4 N–H and O–H groups in total. The van der Waals surface area contributed by atoms with Crippen molar-refractivity contribution in [3.8, 4) is 0 Å². The summed E-state index contributed by atoms with van der Waals surface area (Å²) in [6.07, 6.45) is -0.795. The first-order valence-electron chi connectivity index (χ1n) is 11.0. The molecule has 194 valence electrons. The van der Waals surface area contributed by atoms with Crippen molar-refractivity contribution >= 4 is 35.3 Å². The molecular formula is C20H35N5O8S. The molecule has 1 atom stereocenters. The molecule has 34 heavy (non-hydrogen) atoms. The van der Waals surface area contributed by atoms with Crippen LogP contribution in [-0.4, -0.2) is 167 Å². The Morgan fingerprint density at radius 1 is 0.794 bits per heavy atom. The molecule has 1 heterocycles. The summed E-state index contributed by atoms with van der Waals surface area (Å²) >= 11 is 4.48. The van der Waals surface area contributed by atoms with Crippen molar-refractivity contribution in [1.29, 1.82) is 0 Å². The number of aliphatic hydroxyl groups is 1. The highest BCUT2D eigenvalue weighted by molar-refractivity contribution is 7.78. The molecule has 13 nitrogen and oxygen atoms in total. The standard InChI is InChI=1S/C20H35N5O8S/c26-17(15-33-10-1-21-16-34)11-22-2-4-23(12-18(27)28)6-8-25(14-20(31)32)9-7-24(5-3-22)13-19(29)30/h17,26H,1-15H2,(H,27,28)(H,29,30)(H,31,32). The number of hydrogen-bond acceptors (Lipinski definition) is 11. The van der Waals surface area contributed by atoms with Gasteiger partial charge in [-0.3, -0.25) is 34.0 Å². The first-order chi connectivity index (χ1) is 16.2. The number of aliphatic imine (C=N–C) groups is 1. The normalized spacial score (nSPS) is 18.9. The topological polar surface area (TPSA) is 167 Å². The van der Waals surface area contributed by atoms with E-state index in [1.54, 1.807) is 14.7 Å². The fraction of sp³-hybridized carbons (Fsp3) is 0.800. The summed E-state index contributed by atoms with van der Waals surface area (Å²) in [7, 11) is 0. The molecule has 0 aromatic carbocycles. The third-order valence-electron chi connectivity index (χ3n) is 5.20. The number of β-amino-alcohol motifs (C(OH)–C–C–N with tert-alkyl or cyclic N) is 1. The first kappa shape index (κ1) is 30.0. The van der Waals surface area contributed by atoms with Crippen LogP contribution in [0.3, 0.4) is 0 Å². The number of aliphatic carboxylic acids is 3. The zero-order valence-corrected chi connectivity index (χ0v) is 20.1. The summed E-state index contributed by atoms with van der Waals surface area (Å²) in [5, 5.41) is 40.3. The van der Waals surface area contributed by atoms with Gasteiger partial charge in [0.05, 0.1) is 50.7 Å². The molecule has 1 saturated heterocycles. The van der Waals surface area contributed by atoms with Crippen LogP contribution in [0.15, 0.2) is 4.99 Å². The molecule has 0 radical (unpaired) electrons. The van der Waals surface area contributed by atoms with Crippen LogP contribution in [0.1, 0.15) is 0 Å². The average molecular weight is 506 g/mol. The largest absolute Gasteiger partial charge is 0.480 e. The molecule has 0 aromatic heterocycles. The minimum atomic E-state index is -1.00. The average Bonchev–Trinajstić information content (AvgIpc) is 2.74. The molecule has 1 unspecified atom stereocenters. The van der Waals surface area contributed by atoms with E-state index in [2.05, 4.69) is 22.4 Å². The lowest BCUT2D eigenvalue weighted by atomic mass is 10.3. The summed E-state index contributed by atoms with van der Waals surface area (Å²) in [4.78, 5) is 44.6. The molecule has 0 aromatic rings. The van der Waals surface area contributed by atoms with Gasteiger partial charge >= 0.3 is 17.9 Å². The van der Waals surface area contributed by atoms with Gasteiger partial charge in [0.1, 0.15) is 0 Å². The predicted octanol–water partition coefficient (Wildman–Crippen LogP) is -2.06. The zero-order valence-electron chi connectivity index (χ0n) is 19.3. The lowest BCUT2D eigenvalue weighted by Gasteiger charge is -2.33. The molecule has 1 fully saturated rings. The summed E-state index contributed by atoms with van der Waals surface area (Å²) in [6, 6.07) is 0. The van der Waals surface area contributed by atoms with Crippen LogP contribution in [0.4, 0.5) is 0 Å². The van der Waals surface area contributed by atoms with Gasteiger partial charge in [-0.15, -0.1) is 0 Å². The summed E-state index contributed by atoms with van der Waals surface area (Å²) in [5.74, 6) is -2.97. The van der Waals surface area contributed by atoms with Gasteiger partial charge in [0.2, 0.25) is 0 Å². The Bertz CT molecular complexity index is 662. The highest BCUT2D eigenvalue weighted by atomic mass is 32.1. The second-order valence-corrected chi connectivity index (χ2v) is 8.19. The Hall–Kier alpha value is -2.03. The van der Waals surface area contributed by atoms with E-state index in [9.17, 15) is 34.8 Å². The van der Waals surface area contributed by atoms with Gasteiger partial charge in [0.25, 0.3) is 0 Å². The van der Waals surface area contributed by atoms with Gasteiger partial charge in [0.15, 0.2) is 0 Å². The minimum absolute atomic E-state index is 0.0886. The van der Waals surface area contributed by atoms with Crippen LogP contribution in [0.25, 0.3) is 0 Å². The number of hydrogen-bond donors (Lipinski definition) is 4. The van der Waals surface area contributed by atoms with E-state index in [1.165, 1.54) is 0 Å². The Morgan fingerprint density at radius 3 is 1.53 bits per heavy atom. The van der Waals surface area contributed by atoms with E-state index in [4.69, 9.17) is 4.74 Å². The van der Waals surface area contributed by atoms with Crippen LogP contribution >= 0.6 is 12.2 Å². The van der Waals surface area contributed by atoms with Gasteiger partial charge < -0.3 is 25.2 Å². The Balaban J connectivity index is 2.84. The van der Waals surface area contributed by atoms with Gasteiger partial charge in [0, 0.05) is 58.9 Å². The van der Waals surface area contributed by atoms with Gasteiger partial charge in [-0.1, -0.05) is 0 Å². The van der Waals surface area contributed by atoms with Crippen molar-refractivity contribution in [3.05, 3.63) is 0 Å². The minimum Gasteiger partial charge on any atom is -0.480 e. The Labute approximate surface area is 204 Å². The first-order valence-corrected chi connectivity index (χ1v) is 11.4. The lowest BCUT2D eigenvalue weighted by Crippen LogP contribution is -2.49. The number of rotatable bonds is 13. The van der Waals surface area contributed by atoms with Crippen molar-refractivity contribution in [2.24, 2.45) is 4.99 Å². The molecule has 1 aliphatic heterocycles. The molecule has 0 amide bonds. The third-order valence-corrected chi connectivity index (χ3v) is 5.33. The number of carboxylic acids is 3. The van der Waals surface area contributed by atoms with E-state index in [0.717, 1.165) is 0 Å². The number of thiocarbonyl (C=S) groups is 1. The second-order valence-electron chi connectivity index (χ2n) is 8.01. The Kier molecular flexibility index (Phi) is 15.4. The van der Waals surface area contributed by atoms with Crippen LogP contribution in [0.2, 0.25) is 0 Å². The highest BCUT2D eigenvalue weighted by Gasteiger charge is 2.21. The smallest absolute Gasteiger partial charge is 0.317 e. The highest BCUT2D eigenvalue weighted by Crippen LogP contribution is 2.03. The van der Waals surface area contributed by atoms with Crippen LogP contribution in [0.5, 0.6) is 0 Å². The van der Waals surface area contributed by atoms with E-state index < -0.39 is 24.0 Å². The fourth-order valence-corrected chi connectivity index (χ4v) is 3.63. The number of isothiocyanates is 1. The summed E-state index contributed by atoms with van der Waals surface area (Å²) in [5.41, 5.74) is 0. The number of aliphatic hydroxyl groups excluding tert-OH is 1. The molecule has 1 rings (SSSR count). The monoisotopic (exact) mass is 505 g/mol. The summed E-state index contributed by atoms with van der Waals surface area (Å²) in [6.45, 7) is 3.45. The van der Waals surface area contributed by atoms with Crippen molar-refractivity contribution < 1.29 is 39.5 Å². The van der Waals surface area contributed by atoms with Crippen LogP contribution < -0.4 is 0 Å². The van der Waals surface area contributed by atoms with E-state index >= 15 is 0 Å². The van der Waals surface area contributed by atoms with Crippen LogP contribution in [-0.2, 0) is 19.1 Å². The number of carboxylic acid groups (broad SMARTS) is 3. The second kappa shape index (κ2) is 17.4. The maximum absolute atomic E-state index is 11.3. The number of nitrogens with zero attached hydrogens (tertiary/aromatic N) is 5. The zero-order chi connectivity index (χ0) is 25.3. The molecule has 0 bridgehead atoms. The maximum Gasteiger partial charge on any atom is 0.317 e. The van der Waals surface area contributed by atoms with Gasteiger partial charge in [-0.2, -0.15) is 0 Å².